The molecule has 0 saturated carbocycles. The highest BCUT2D eigenvalue weighted by atomic mass is 79.9. The van der Waals surface area contributed by atoms with E-state index in [1.165, 1.54) is 0 Å². The number of carboxylic acids is 1. The third-order valence-corrected chi connectivity index (χ3v) is 4.12. The zero-order chi connectivity index (χ0) is 25.5. The number of ether oxygens (including phenoxy) is 10. The fraction of sp³-hybridized carbons (Fsp3) is 0.955. The summed E-state index contributed by atoms with van der Waals surface area (Å²) in [5.41, 5.74) is 0. The molecule has 0 atom stereocenters. The summed E-state index contributed by atoms with van der Waals surface area (Å²) in [6.45, 7) is 9.06. The predicted octanol–water partition coefficient (Wildman–Crippen LogP) is 0.632. The number of alkyl halides is 1. The lowest BCUT2D eigenvalue weighted by atomic mass is 10.6. The van der Waals surface area contributed by atoms with Crippen LogP contribution in [0.1, 0.15) is 0 Å². The molecule has 0 radical (unpaired) electrons. The molecule has 35 heavy (non-hydrogen) atoms. The molecule has 0 heterocycles. The van der Waals surface area contributed by atoms with Gasteiger partial charge in [0, 0.05) is 5.33 Å². The zero-order valence-electron chi connectivity index (χ0n) is 20.7. The van der Waals surface area contributed by atoms with E-state index in [9.17, 15) is 4.79 Å². The smallest absolute Gasteiger partial charge is 0.329 e. The summed E-state index contributed by atoms with van der Waals surface area (Å²) >= 11 is 3.29. The molecule has 0 bridgehead atoms. The van der Waals surface area contributed by atoms with Crippen molar-refractivity contribution in [3.8, 4) is 0 Å². The fourth-order valence-corrected chi connectivity index (χ4v) is 2.42. The monoisotopic (exact) mass is 578 g/mol. The second-order valence-electron chi connectivity index (χ2n) is 6.65. The molecule has 1 N–H and O–H groups in total. The molecule has 0 saturated heterocycles. The zero-order valence-corrected chi connectivity index (χ0v) is 22.3. The lowest BCUT2D eigenvalue weighted by Crippen LogP contribution is -2.15. The fourth-order valence-electron chi connectivity index (χ4n) is 2.19. The van der Waals surface area contributed by atoms with E-state index in [4.69, 9.17) is 52.5 Å². The van der Waals surface area contributed by atoms with E-state index in [0.717, 1.165) is 5.33 Å². The first kappa shape index (κ1) is 34.6. The summed E-state index contributed by atoms with van der Waals surface area (Å²) < 4.78 is 53.1. The van der Waals surface area contributed by atoms with Gasteiger partial charge in [-0.25, -0.2) is 4.79 Å². The Kier molecular flexibility index (Phi) is 31.2. The summed E-state index contributed by atoms with van der Waals surface area (Å²) in [6.07, 6.45) is 0. The van der Waals surface area contributed by atoms with Gasteiger partial charge in [0.05, 0.1) is 126 Å². The number of carbonyl (C=O) groups is 1. The van der Waals surface area contributed by atoms with Gasteiger partial charge in [-0.15, -0.1) is 0 Å². The van der Waals surface area contributed by atoms with Crippen molar-refractivity contribution < 1.29 is 57.3 Å². The van der Waals surface area contributed by atoms with E-state index >= 15 is 0 Å². The van der Waals surface area contributed by atoms with Crippen LogP contribution in [0.25, 0.3) is 0 Å². The lowest BCUT2D eigenvalue weighted by Gasteiger charge is -2.09. The quantitative estimate of drug-likeness (QED) is 0.0914. The number of hydrogen-bond donors (Lipinski definition) is 1. The molecule has 210 valence electrons. The average molecular weight is 579 g/mol. The van der Waals surface area contributed by atoms with Gasteiger partial charge in [0.2, 0.25) is 0 Å². The highest BCUT2D eigenvalue weighted by Gasteiger charge is 1.97. The molecule has 0 aromatic heterocycles. The van der Waals surface area contributed by atoms with Gasteiger partial charge in [0.1, 0.15) is 6.61 Å². The molecule has 0 aliphatic heterocycles. The van der Waals surface area contributed by atoms with E-state index in [1.54, 1.807) is 0 Å². The van der Waals surface area contributed by atoms with Crippen molar-refractivity contribution in [3.63, 3.8) is 0 Å². The van der Waals surface area contributed by atoms with E-state index in [2.05, 4.69) is 15.9 Å². The maximum Gasteiger partial charge on any atom is 0.329 e. The largest absolute Gasteiger partial charge is 0.480 e. The standard InChI is InChI=1S/C22H43BrO12/c23-1-2-26-3-4-27-5-6-28-7-8-29-9-10-30-11-12-31-13-14-32-15-16-33-17-18-34-19-20-35-21-22(24)25/h1-21H2,(H,24,25). The summed E-state index contributed by atoms with van der Waals surface area (Å²) in [5, 5.41) is 9.23. The van der Waals surface area contributed by atoms with Gasteiger partial charge < -0.3 is 52.5 Å². The van der Waals surface area contributed by atoms with Crippen LogP contribution >= 0.6 is 15.9 Å². The molecule has 13 heteroatoms. The van der Waals surface area contributed by atoms with Crippen LogP contribution in [0, 0.1) is 0 Å². The van der Waals surface area contributed by atoms with Crippen LogP contribution in [0.15, 0.2) is 0 Å². The van der Waals surface area contributed by atoms with Crippen LogP contribution in [0.3, 0.4) is 0 Å². The van der Waals surface area contributed by atoms with Crippen molar-refractivity contribution >= 4 is 21.9 Å². The van der Waals surface area contributed by atoms with Gasteiger partial charge >= 0.3 is 5.97 Å². The van der Waals surface area contributed by atoms with Crippen molar-refractivity contribution in [2.75, 3.05) is 137 Å². The Morgan fingerprint density at radius 2 is 0.600 bits per heavy atom. The summed E-state index contributed by atoms with van der Waals surface area (Å²) in [7, 11) is 0. The maximum absolute atomic E-state index is 10.2. The van der Waals surface area contributed by atoms with Gasteiger partial charge in [-0.1, -0.05) is 15.9 Å². The van der Waals surface area contributed by atoms with Crippen LogP contribution in [-0.4, -0.2) is 149 Å². The molecule has 0 aromatic rings. The van der Waals surface area contributed by atoms with Gasteiger partial charge in [-0.2, -0.15) is 0 Å². The second kappa shape index (κ2) is 31.6. The Balaban J connectivity index is 3.01. The van der Waals surface area contributed by atoms with E-state index < -0.39 is 5.97 Å². The number of rotatable bonds is 31. The highest BCUT2D eigenvalue weighted by Crippen LogP contribution is 1.87. The molecule has 0 amide bonds. The Hall–Kier alpha value is -0.450. The molecule has 0 aromatic carbocycles. The van der Waals surface area contributed by atoms with Crippen molar-refractivity contribution in [2.24, 2.45) is 0 Å². The normalized spacial score (nSPS) is 11.3. The lowest BCUT2D eigenvalue weighted by molar-refractivity contribution is -0.142. The van der Waals surface area contributed by atoms with Crippen LogP contribution in [0.2, 0.25) is 0 Å². The first-order valence-electron chi connectivity index (χ1n) is 11.8. The summed E-state index contributed by atoms with van der Waals surface area (Å²) in [5.74, 6) is -0.993. The van der Waals surface area contributed by atoms with E-state index in [1.807, 2.05) is 0 Å². The molecule has 0 fully saturated rings. The molecule has 0 aliphatic carbocycles. The van der Waals surface area contributed by atoms with Crippen LogP contribution in [0.5, 0.6) is 0 Å². The topological polar surface area (TPSA) is 130 Å². The Morgan fingerprint density at radius 3 is 0.800 bits per heavy atom. The number of halogens is 1. The van der Waals surface area contributed by atoms with Crippen LogP contribution in [0.4, 0.5) is 0 Å². The van der Waals surface area contributed by atoms with E-state index in [0.29, 0.717) is 119 Å². The van der Waals surface area contributed by atoms with Gasteiger partial charge in [0.25, 0.3) is 0 Å². The van der Waals surface area contributed by atoms with Crippen molar-refractivity contribution in [1.29, 1.82) is 0 Å². The predicted molar refractivity (Wildman–Crippen MR) is 130 cm³/mol. The minimum atomic E-state index is -0.993. The number of carboxylic acid groups (broad SMARTS) is 1. The molecule has 0 spiro atoms. The van der Waals surface area contributed by atoms with Crippen molar-refractivity contribution in [3.05, 3.63) is 0 Å². The minimum absolute atomic E-state index is 0.246. The average Bonchev–Trinajstić information content (AvgIpc) is 2.85. The molecule has 12 nitrogen and oxygen atoms in total. The first-order valence-corrected chi connectivity index (χ1v) is 12.9. The molecule has 0 aliphatic rings. The third kappa shape index (κ3) is 33.5. The second-order valence-corrected chi connectivity index (χ2v) is 7.44. The van der Waals surface area contributed by atoms with Crippen molar-refractivity contribution in [2.45, 2.75) is 0 Å². The first-order chi connectivity index (χ1) is 17.3. The number of hydrogen-bond acceptors (Lipinski definition) is 11. The maximum atomic E-state index is 10.2. The SMILES string of the molecule is O=C(O)COCCOCCOCCOCCOCCOCCOCCOCCOCCOCCBr. The Morgan fingerprint density at radius 1 is 0.400 bits per heavy atom. The molecule has 0 rings (SSSR count). The van der Waals surface area contributed by atoms with E-state index in [-0.39, 0.29) is 13.2 Å². The Bertz CT molecular complexity index is 420. The van der Waals surface area contributed by atoms with Crippen LogP contribution < -0.4 is 0 Å². The summed E-state index contributed by atoms with van der Waals surface area (Å²) in [6, 6.07) is 0. The van der Waals surface area contributed by atoms with Crippen molar-refractivity contribution in [1.82, 2.24) is 0 Å². The van der Waals surface area contributed by atoms with Gasteiger partial charge in [-0.05, 0) is 0 Å². The minimum Gasteiger partial charge on any atom is -0.480 e. The molecule has 0 unspecified atom stereocenters. The molecular formula is C22H43BrO12. The molecular weight excluding hydrogens is 536 g/mol. The third-order valence-electron chi connectivity index (χ3n) is 3.80. The summed E-state index contributed by atoms with van der Waals surface area (Å²) in [4.78, 5) is 10.2. The van der Waals surface area contributed by atoms with Gasteiger partial charge in [-0.3, -0.25) is 0 Å². The number of aliphatic carboxylic acids is 1. The highest BCUT2D eigenvalue weighted by molar-refractivity contribution is 9.09. The van der Waals surface area contributed by atoms with Crippen LogP contribution in [-0.2, 0) is 52.2 Å². The van der Waals surface area contributed by atoms with Gasteiger partial charge in [0.15, 0.2) is 0 Å². The Labute approximate surface area is 216 Å².